The summed E-state index contributed by atoms with van der Waals surface area (Å²) in [6, 6.07) is 10.5. The maximum atomic E-state index is 11.6. The molecular weight excluding hydrogens is 250 g/mol. The molecule has 3 N–H and O–H groups in total. The van der Waals surface area contributed by atoms with Crippen LogP contribution in [0.2, 0.25) is 0 Å². The van der Waals surface area contributed by atoms with Crippen molar-refractivity contribution in [3.63, 3.8) is 0 Å². The third-order valence-electron chi connectivity index (χ3n) is 3.90. The lowest BCUT2D eigenvalue weighted by molar-refractivity contribution is -0.122. The minimum absolute atomic E-state index is 0.0600. The van der Waals surface area contributed by atoms with Gasteiger partial charge in [-0.3, -0.25) is 9.69 Å². The first-order chi connectivity index (χ1) is 9.66. The second-order valence-electron chi connectivity index (χ2n) is 5.64. The van der Waals surface area contributed by atoms with E-state index in [2.05, 4.69) is 34.5 Å². The number of piperidine rings is 1. The lowest BCUT2D eigenvalue weighted by Crippen LogP contribution is -2.48. The van der Waals surface area contributed by atoms with Gasteiger partial charge in [-0.05, 0) is 31.9 Å². The number of likely N-dealkylation sites (tertiary alicyclic amines) is 1. The van der Waals surface area contributed by atoms with E-state index >= 15 is 0 Å². The highest BCUT2D eigenvalue weighted by atomic mass is 16.2. The second kappa shape index (κ2) is 7.41. The lowest BCUT2D eigenvalue weighted by atomic mass is 10.0. The lowest BCUT2D eigenvalue weighted by Gasteiger charge is -2.36. The van der Waals surface area contributed by atoms with Gasteiger partial charge in [0.25, 0.3) is 0 Å². The summed E-state index contributed by atoms with van der Waals surface area (Å²) in [5.41, 5.74) is 6.92. The van der Waals surface area contributed by atoms with Crippen molar-refractivity contribution in [3.05, 3.63) is 35.9 Å². The van der Waals surface area contributed by atoms with Crippen molar-refractivity contribution in [1.29, 1.82) is 0 Å². The van der Waals surface area contributed by atoms with Crippen LogP contribution in [0.25, 0.3) is 0 Å². The van der Waals surface area contributed by atoms with Crippen LogP contribution in [-0.2, 0) is 11.3 Å². The van der Waals surface area contributed by atoms with Crippen LogP contribution in [-0.4, -0.2) is 36.0 Å². The Hall–Kier alpha value is -1.39. The zero-order valence-electron chi connectivity index (χ0n) is 12.2. The Morgan fingerprint density at radius 1 is 1.40 bits per heavy atom. The summed E-state index contributed by atoms with van der Waals surface area (Å²) in [6.07, 6.45) is 3.63. The number of nitrogens with two attached hydrogens (primary N) is 1. The molecule has 1 aromatic rings. The predicted molar refractivity (Wildman–Crippen MR) is 81.2 cm³/mol. The number of hydrogen-bond donors (Lipinski definition) is 2. The Bertz CT molecular complexity index is 419. The molecule has 0 bridgehead atoms. The molecule has 0 radical (unpaired) electrons. The molecule has 0 unspecified atom stereocenters. The van der Waals surface area contributed by atoms with Gasteiger partial charge in [-0.2, -0.15) is 0 Å². The van der Waals surface area contributed by atoms with Gasteiger partial charge in [0, 0.05) is 19.1 Å². The van der Waals surface area contributed by atoms with Crippen molar-refractivity contribution in [2.45, 2.75) is 44.8 Å². The summed E-state index contributed by atoms with van der Waals surface area (Å²) in [7, 11) is 0. The maximum absolute atomic E-state index is 11.6. The van der Waals surface area contributed by atoms with Gasteiger partial charge in [-0.15, -0.1) is 0 Å². The van der Waals surface area contributed by atoms with Crippen molar-refractivity contribution in [1.82, 2.24) is 10.2 Å². The minimum Gasteiger partial charge on any atom is -0.353 e. The smallest absolute Gasteiger partial charge is 0.236 e. The number of amides is 1. The van der Waals surface area contributed by atoms with Gasteiger partial charge in [0.2, 0.25) is 5.91 Å². The third kappa shape index (κ3) is 4.32. The van der Waals surface area contributed by atoms with E-state index in [1.54, 1.807) is 6.92 Å². The van der Waals surface area contributed by atoms with Crippen molar-refractivity contribution in [2.24, 2.45) is 5.73 Å². The Morgan fingerprint density at radius 3 is 2.85 bits per heavy atom. The summed E-state index contributed by atoms with van der Waals surface area (Å²) in [4.78, 5) is 14.1. The van der Waals surface area contributed by atoms with Gasteiger partial charge < -0.3 is 11.1 Å². The van der Waals surface area contributed by atoms with Crippen LogP contribution in [0.5, 0.6) is 0 Å². The molecule has 0 aromatic heterocycles. The van der Waals surface area contributed by atoms with Gasteiger partial charge in [0.15, 0.2) is 0 Å². The van der Waals surface area contributed by atoms with Gasteiger partial charge >= 0.3 is 0 Å². The number of nitrogens with zero attached hydrogens (tertiary/aromatic N) is 1. The summed E-state index contributed by atoms with van der Waals surface area (Å²) < 4.78 is 0. The molecule has 1 heterocycles. The first-order valence-corrected chi connectivity index (χ1v) is 7.48. The summed E-state index contributed by atoms with van der Waals surface area (Å²) >= 11 is 0. The Kier molecular flexibility index (Phi) is 5.56. The van der Waals surface area contributed by atoms with Crippen LogP contribution < -0.4 is 11.1 Å². The standard InChI is InChI=1S/C16H25N3O/c1-13(17)16(20)18-11-15-9-5-6-10-19(15)12-14-7-3-2-4-8-14/h2-4,7-8,13,15H,5-6,9-12,17H2,1H3,(H,18,20)/t13-,15+/m0/s1. The molecule has 1 aliphatic rings. The van der Waals surface area contributed by atoms with E-state index in [0.29, 0.717) is 12.6 Å². The summed E-state index contributed by atoms with van der Waals surface area (Å²) in [6.45, 7) is 4.48. The van der Waals surface area contributed by atoms with Crippen molar-refractivity contribution >= 4 is 5.91 Å². The average molecular weight is 275 g/mol. The fraction of sp³-hybridized carbons (Fsp3) is 0.562. The van der Waals surface area contributed by atoms with Gasteiger partial charge in [-0.25, -0.2) is 0 Å². The molecule has 0 aliphatic carbocycles. The number of carbonyl (C=O) groups excluding carboxylic acids is 1. The Labute approximate surface area is 121 Å². The Morgan fingerprint density at radius 2 is 2.15 bits per heavy atom. The van der Waals surface area contributed by atoms with E-state index in [0.717, 1.165) is 19.5 Å². The first kappa shape index (κ1) is 15.0. The summed E-state index contributed by atoms with van der Waals surface area (Å²) in [5, 5.41) is 2.96. The molecular formula is C16H25N3O. The number of hydrogen-bond acceptors (Lipinski definition) is 3. The van der Waals surface area contributed by atoms with Crippen molar-refractivity contribution in [2.75, 3.05) is 13.1 Å². The molecule has 1 saturated heterocycles. The largest absolute Gasteiger partial charge is 0.353 e. The number of carbonyl (C=O) groups is 1. The molecule has 0 spiro atoms. The molecule has 110 valence electrons. The van der Waals surface area contributed by atoms with Crippen molar-refractivity contribution < 1.29 is 4.79 Å². The molecule has 2 rings (SSSR count). The predicted octanol–water partition coefficient (Wildman–Crippen LogP) is 1.50. The number of benzene rings is 1. The second-order valence-corrected chi connectivity index (χ2v) is 5.64. The normalized spacial score (nSPS) is 21.4. The van der Waals surface area contributed by atoms with Gasteiger partial charge in [-0.1, -0.05) is 36.8 Å². The topological polar surface area (TPSA) is 58.4 Å². The molecule has 1 aliphatic heterocycles. The first-order valence-electron chi connectivity index (χ1n) is 7.48. The maximum Gasteiger partial charge on any atom is 0.236 e. The molecule has 4 nitrogen and oxygen atoms in total. The van der Waals surface area contributed by atoms with Crippen LogP contribution in [0.3, 0.4) is 0 Å². The molecule has 1 fully saturated rings. The van der Waals surface area contributed by atoms with Gasteiger partial charge in [0.1, 0.15) is 0 Å². The molecule has 1 amide bonds. The molecule has 2 atom stereocenters. The fourth-order valence-electron chi connectivity index (χ4n) is 2.70. The van der Waals surface area contributed by atoms with Crippen molar-refractivity contribution in [3.8, 4) is 0 Å². The molecule has 20 heavy (non-hydrogen) atoms. The Balaban J connectivity index is 1.90. The molecule has 0 saturated carbocycles. The molecule has 4 heteroatoms. The minimum atomic E-state index is -0.429. The highest BCUT2D eigenvalue weighted by Crippen LogP contribution is 2.19. The fourth-order valence-corrected chi connectivity index (χ4v) is 2.70. The van der Waals surface area contributed by atoms with E-state index in [9.17, 15) is 4.79 Å². The van der Waals surface area contributed by atoms with E-state index in [1.165, 1.54) is 18.4 Å². The third-order valence-corrected chi connectivity index (χ3v) is 3.90. The molecule has 1 aromatic carbocycles. The van der Waals surface area contributed by atoms with Gasteiger partial charge in [0.05, 0.1) is 6.04 Å². The van der Waals surface area contributed by atoms with E-state index in [1.807, 2.05) is 6.07 Å². The van der Waals surface area contributed by atoms with Crippen LogP contribution in [0.15, 0.2) is 30.3 Å². The SMILES string of the molecule is C[C@H](N)C(=O)NC[C@H]1CCCCN1Cc1ccccc1. The number of nitrogens with one attached hydrogen (secondary N) is 1. The zero-order chi connectivity index (χ0) is 14.4. The summed E-state index contributed by atoms with van der Waals surface area (Å²) in [5.74, 6) is -0.0600. The van der Waals surface area contributed by atoms with Crippen LogP contribution in [0, 0.1) is 0 Å². The highest BCUT2D eigenvalue weighted by Gasteiger charge is 2.23. The van der Waals surface area contributed by atoms with Crippen LogP contribution in [0.1, 0.15) is 31.7 Å². The van der Waals surface area contributed by atoms with Crippen LogP contribution >= 0.6 is 0 Å². The van der Waals surface area contributed by atoms with E-state index < -0.39 is 6.04 Å². The quantitative estimate of drug-likeness (QED) is 0.856. The highest BCUT2D eigenvalue weighted by molar-refractivity contribution is 5.80. The monoisotopic (exact) mass is 275 g/mol. The van der Waals surface area contributed by atoms with E-state index in [-0.39, 0.29) is 5.91 Å². The van der Waals surface area contributed by atoms with E-state index in [4.69, 9.17) is 5.73 Å². The van der Waals surface area contributed by atoms with Crippen LogP contribution in [0.4, 0.5) is 0 Å². The average Bonchev–Trinajstić information content (AvgIpc) is 2.47. The number of rotatable bonds is 5. The zero-order valence-corrected chi connectivity index (χ0v) is 12.2.